The summed E-state index contributed by atoms with van der Waals surface area (Å²) < 4.78 is 5.14. The van der Waals surface area contributed by atoms with Gasteiger partial charge in [0.15, 0.2) is 0 Å². The number of hydrogen-bond acceptors (Lipinski definition) is 6. The number of aliphatic imine (C=N–C) groups is 1. The minimum absolute atomic E-state index is 0.129. The van der Waals surface area contributed by atoms with Crippen molar-refractivity contribution in [1.29, 1.82) is 0 Å². The summed E-state index contributed by atoms with van der Waals surface area (Å²) in [4.78, 5) is 18.9. The number of amides is 1. The second kappa shape index (κ2) is 8.36. The number of aromatic hydroxyl groups is 2. The maximum Gasteiger partial charge on any atom is 0.409 e. The number of rotatable bonds is 3. The number of nitrogens with one attached hydrogen (secondary N) is 1. The van der Waals surface area contributed by atoms with Gasteiger partial charge in [0.1, 0.15) is 17.2 Å². The number of phenols is 2. The normalized spacial score (nSPS) is 20.6. The maximum atomic E-state index is 12.1. The molecule has 7 heteroatoms. The third-order valence-corrected chi connectivity index (χ3v) is 5.80. The number of nitrogens with zero attached hydrogens (tertiary/aromatic N) is 2. The molecule has 0 bridgehead atoms. The van der Waals surface area contributed by atoms with Gasteiger partial charge in [-0.3, -0.25) is 10.3 Å². The summed E-state index contributed by atoms with van der Waals surface area (Å²) in [6.45, 7) is 3.23. The predicted octanol–water partition coefficient (Wildman–Crippen LogP) is 3.57. The zero-order valence-corrected chi connectivity index (χ0v) is 17.0. The van der Waals surface area contributed by atoms with Gasteiger partial charge < -0.3 is 19.8 Å². The third-order valence-electron chi connectivity index (χ3n) is 5.80. The molecule has 0 aliphatic carbocycles. The van der Waals surface area contributed by atoms with Gasteiger partial charge in [0.2, 0.25) is 0 Å². The number of likely N-dealkylation sites (tertiary alicyclic amines) is 1. The van der Waals surface area contributed by atoms with Crippen LogP contribution in [0.3, 0.4) is 0 Å². The van der Waals surface area contributed by atoms with Gasteiger partial charge in [0.05, 0.1) is 6.61 Å². The average Bonchev–Trinajstić information content (AvgIpc) is 2.74. The van der Waals surface area contributed by atoms with Crippen molar-refractivity contribution < 1.29 is 19.7 Å². The molecule has 1 fully saturated rings. The maximum absolute atomic E-state index is 12.1. The minimum atomic E-state index is -0.547. The highest BCUT2D eigenvalue weighted by molar-refractivity contribution is 6.02. The summed E-state index contributed by atoms with van der Waals surface area (Å²) >= 11 is 0. The fourth-order valence-electron chi connectivity index (χ4n) is 4.27. The summed E-state index contributed by atoms with van der Waals surface area (Å²) in [5, 5.41) is 24.0. The van der Waals surface area contributed by atoms with Crippen molar-refractivity contribution in [2.45, 2.75) is 37.9 Å². The van der Waals surface area contributed by atoms with Crippen LogP contribution in [0, 0.1) is 0 Å². The first kappa shape index (κ1) is 20.2. The fourth-order valence-corrected chi connectivity index (χ4v) is 4.27. The topological polar surface area (TPSA) is 94.4 Å². The highest BCUT2D eigenvalue weighted by Crippen LogP contribution is 2.37. The van der Waals surface area contributed by atoms with Crippen LogP contribution in [0.25, 0.3) is 0 Å². The van der Waals surface area contributed by atoms with Gasteiger partial charge in [0.25, 0.3) is 0 Å². The molecular weight excluding hydrogens is 382 g/mol. The molecule has 1 spiro atoms. The first-order valence-electron chi connectivity index (χ1n) is 10.3. The van der Waals surface area contributed by atoms with Crippen molar-refractivity contribution in [3.8, 4) is 11.5 Å². The smallest absolute Gasteiger partial charge is 0.409 e. The molecular formula is C23H27N3O4. The van der Waals surface area contributed by atoms with Gasteiger partial charge in [-0.15, -0.1) is 0 Å². The Labute approximate surface area is 176 Å². The number of phenolic OH excluding ortho intramolecular Hbond substituents is 2. The van der Waals surface area contributed by atoms with Crippen LogP contribution in [0.5, 0.6) is 11.5 Å². The average molecular weight is 409 g/mol. The molecule has 0 radical (unpaired) electrons. The number of hydrogen-bond donors (Lipinski definition) is 3. The van der Waals surface area contributed by atoms with Crippen molar-refractivity contribution in [2.24, 2.45) is 4.99 Å². The highest BCUT2D eigenvalue weighted by Gasteiger charge is 2.41. The number of carbonyl (C=O) groups excluding carboxylic acids is 1. The van der Waals surface area contributed by atoms with Crippen LogP contribution in [-0.4, -0.2) is 52.3 Å². The first-order valence-corrected chi connectivity index (χ1v) is 10.3. The molecule has 4 rings (SSSR count). The van der Waals surface area contributed by atoms with Crippen LogP contribution >= 0.6 is 0 Å². The quantitative estimate of drug-likeness (QED) is 0.721. The molecule has 158 valence electrons. The number of para-hydroxylation sites is 1. The van der Waals surface area contributed by atoms with Gasteiger partial charge in [-0.05, 0) is 30.7 Å². The first-order chi connectivity index (χ1) is 14.5. The van der Waals surface area contributed by atoms with E-state index in [1.807, 2.05) is 18.2 Å². The molecule has 1 amide bonds. The van der Waals surface area contributed by atoms with Gasteiger partial charge in [-0.25, -0.2) is 4.79 Å². The van der Waals surface area contributed by atoms with E-state index < -0.39 is 5.66 Å². The second-order valence-corrected chi connectivity index (χ2v) is 7.79. The van der Waals surface area contributed by atoms with Crippen LogP contribution < -0.4 is 5.32 Å². The van der Waals surface area contributed by atoms with E-state index in [9.17, 15) is 15.0 Å². The lowest BCUT2D eigenvalue weighted by Gasteiger charge is -2.45. The van der Waals surface area contributed by atoms with Crippen LogP contribution in [0.4, 0.5) is 4.79 Å². The van der Waals surface area contributed by atoms with Crippen molar-refractivity contribution in [2.75, 3.05) is 19.7 Å². The van der Waals surface area contributed by atoms with E-state index in [0.29, 0.717) is 39.0 Å². The molecule has 2 aliphatic rings. The molecule has 1 atom stereocenters. The zero-order valence-electron chi connectivity index (χ0n) is 17.0. The van der Waals surface area contributed by atoms with E-state index in [0.717, 1.165) is 16.8 Å². The Morgan fingerprint density at radius 1 is 1.20 bits per heavy atom. The molecule has 2 aromatic carbocycles. The van der Waals surface area contributed by atoms with Crippen LogP contribution in [0.15, 0.2) is 53.5 Å². The summed E-state index contributed by atoms with van der Waals surface area (Å²) in [6, 6.07) is 14.3. The molecule has 7 nitrogen and oxygen atoms in total. The van der Waals surface area contributed by atoms with E-state index in [1.54, 1.807) is 42.2 Å². The standard InChI is InChI=1S/C23H27N3O4/c1-2-30-22(29)26-12-10-23(11-13-26)24-19(16-6-5-7-17(27)14-16)15-20(25-23)18-8-3-4-9-21(18)28/h3-9,14,20,25,27-28H,2,10-13,15H2,1H3/t20-/m0/s1. The van der Waals surface area contributed by atoms with E-state index in [4.69, 9.17) is 9.73 Å². The van der Waals surface area contributed by atoms with Crippen LogP contribution in [0.1, 0.15) is 43.4 Å². The minimum Gasteiger partial charge on any atom is -0.508 e. The Balaban J connectivity index is 1.65. The summed E-state index contributed by atoms with van der Waals surface area (Å²) in [6.07, 6.45) is 1.57. The molecule has 2 heterocycles. The Kier molecular flexibility index (Phi) is 5.63. The highest BCUT2D eigenvalue weighted by atomic mass is 16.6. The summed E-state index contributed by atoms with van der Waals surface area (Å²) in [5.74, 6) is 0.435. The van der Waals surface area contributed by atoms with Gasteiger partial charge in [-0.1, -0.05) is 30.3 Å². The SMILES string of the molecule is CCOC(=O)N1CCC2(CC1)N=C(c1cccc(O)c1)C[C@@H](c1ccccc1O)N2. The van der Waals surface area contributed by atoms with E-state index in [1.165, 1.54) is 0 Å². The molecule has 3 N–H and O–H groups in total. The monoisotopic (exact) mass is 409 g/mol. The fraction of sp³-hybridized carbons (Fsp3) is 0.391. The largest absolute Gasteiger partial charge is 0.508 e. The number of piperidine rings is 1. The Morgan fingerprint density at radius 2 is 1.97 bits per heavy atom. The van der Waals surface area contributed by atoms with Gasteiger partial charge >= 0.3 is 6.09 Å². The molecule has 30 heavy (non-hydrogen) atoms. The van der Waals surface area contributed by atoms with E-state index >= 15 is 0 Å². The summed E-state index contributed by atoms with van der Waals surface area (Å²) in [5.41, 5.74) is 2.01. The van der Waals surface area contributed by atoms with Crippen LogP contribution in [0.2, 0.25) is 0 Å². The Bertz CT molecular complexity index is 951. The van der Waals surface area contributed by atoms with Crippen molar-refractivity contribution in [1.82, 2.24) is 10.2 Å². The van der Waals surface area contributed by atoms with Gasteiger partial charge in [-0.2, -0.15) is 0 Å². The lowest BCUT2D eigenvalue weighted by molar-refractivity contribution is 0.0778. The van der Waals surface area contributed by atoms with E-state index in [-0.39, 0.29) is 23.6 Å². The third kappa shape index (κ3) is 4.11. The number of benzene rings is 2. The lowest BCUT2D eigenvalue weighted by atomic mass is 9.87. The Hall–Kier alpha value is -3.06. The zero-order chi connectivity index (χ0) is 21.1. The van der Waals surface area contributed by atoms with E-state index in [2.05, 4.69) is 5.32 Å². The molecule has 2 aromatic rings. The number of carbonyl (C=O) groups is 1. The number of ether oxygens (including phenoxy) is 1. The predicted molar refractivity (Wildman–Crippen MR) is 114 cm³/mol. The van der Waals surface area contributed by atoms with Crippen LogP contribution in [-0.2, 0) is 4.74 Å². The summed E-state index contributed by atoms with van der Waals surface area (Å²) in [7, 11) is 0. The molecule has 0 saturated carbocycles. The van der Waals surface area contributed by atoms with Crippen molar-refractivity contribution >= 4 is 11.8 Å². The lowest BCUT2D eigenvalue weighted by Crippen LogP contribution is -2.56. The molecule has 0 unspecified atom stereocenters. The second-order valence-electron chi connectivity index (χ2n) is 7.79. The van der Waals surface area contributed by atoms with Gasteiger partial charge in [0, 0.05) is 49.7 Å². The molecule has 2 aliphatic heterocycles. The van der Waals surface area contributed by atoms with Crippen molar-refractivity contribution in [3.63, 3.8) is 0 Å². The Morgan fingerprint density at radius 3 is 2.67 bits per heavy atom. The molecule has 1 saturated heterocycles. The molecule has 0 aromatic heterocycles. The van der Waals surface area contributed by atoms with Crippen molar-refractivity contribution in [3.05, 3.63) is 59.7 Å².